The van der Waals surface area contributed by atoms with Crippen molar-refractivity contribution in [3.05, 3.63) is 66.5 Å². The summed E-state index contributed by atoms with van der Waals surface area (Å²) < 4.78 is 1.98. The second-order valence-electron chi connectivity index (χ2n) is 4.45. The van der Waals surface area contributed by atoms with Gasteiger partial charge in [0.25, 0.3) is 0 Å². The van der Waals surface area contributed by atoms with Crippen molar-refractivity contribution in [2.45, 2.75) is 12.5 Å². The molecule has 0 radical (unpaired) electrons. The number of rotatable bonds is 4. The highest BCUT2D eigenvalue weighted by Crippen LogP contribution is 2.31. The highest BCUT2D eigenvalue weighted by Gasteiger charge is 2.15. The lowest BCUT2D eigenvalue weighted by Crippen LogP contribution is -2.19. The maximum absolute atomic E-state index is 6.29. The van der Waals surface area contributed by atoms with Crippen LogP contribution in [0.1, 0.15) is 17.2 Å². The molecule has 1 unspecified atom stereocenters. The van der Waals surface area contributed by atoms with Gasteiger partial charge in [-0.05, 0) is 48.9 Å². The van der Waals surface area contributed by atoms with Gasteiger partial charge in [0.15, 0.2) is 0 Å². The zero-order valence-electron chi connectivity index (χ0n) is 10.8. The average Bonchev–Trinajstić information content (AvgIpc) is 2.39. The van der Waals surface area contributed by atoms with E-state index < -0.39 is 0 Å². The van der Waals surface area contributed by atoms with Gasteiger partial charge in [0, 0.05) is 25.0 Å². The van der Waals surface area contributed by atoms with Crippen LogP contribution in [0.15, 0.2) is 45.3 Å². The molecule has 1 atom stereocenters. The summed E-state index contributed by atoms with van der Waals surface area (Å²) >= 11 is 19.3. The molecule has 0 spiro atoms. The summed E-state index contributed by atoms with van der Waals surface area (Å²) in [5, 5.41) is 4.81. The summed E-state index contributed by atoms with van der Waals surface area (Å²) in [6, 6.07) is 12.0. The lowest BCUT2D eigenvalue weighted by atomic mass is 9.99. The molecule has 0 aromatic heterocycles. The van der Waals surface area contributed by atoms with Crippen molar-refractivity contribution in [1.82, 2.24) is 5.32 Å². The third-order valence-corrected chi connectivity index (χ3v) is 4.89. The standard InChI is InChI=1S/C15H13Br2Cl2N/c1-20-15(12-5-4-11(18)8-13(12)17)6-9-2-3-10(16)7-14(9)19/h2-5,7-8,15,20H,6H2,1H3. The first kappa shape index (κ1) is 16.3. The molecule has 0 aliphatic rings. The Balaban J connectivity index is 2.28. The summed E-state index contributed by atoms with van der Waals surface area (Å²) in [5.41, 5.74) is 2.27. The molecule has 0 aliphatic carbocycles. The molecule has 0 amide bonds. The Morgan fingerprint density at radius 1 is 1.10 bits per heavy atom. The van der Waals surface area contributed by atoms with E-state index in [4.69, 9.17) is 23.2 Å². The van der Waals surface area contributed by atoms with Crippen LogP contribution in [-0.2, 0) is 6.42 Å². The second kappa shape index (κ2) is 7.28. The molecule has 0 saturated heterocycles. The van der Waals surface area contributed by atoms with Gasteiger partial charge in [-0.25, -0.2) is 0 Å². The van der Waals surface area contributed by atoms with Crippen LogP contribution < -0.4 is 5.32 Å². The van der Waals surface area contributed by atoms with E-state index in [1.807, 2.05) is 43.4 Å². The lowest BCUT2D eigenvalue weighted by Gasteiger charge is -2.19. The van der Waals surface area contributed by atoms with E-state index in [0.29, 0.717) is 0 Å². The Hall–Kier alpha value is -0.0600. The van der Waals surface area contributed by atoms with Gasteiger partial charge in [-0.1, -0.05) is 67.2 Å². The summed E-state index contributed by atoms with van der Waals surface area (Å²) in [5.74, 6) is 0. The number of hydrogen-bond donors (Lipinski definition) is 1. The first-order chi connectivity index (χ1) is 9.51. The maximum Gasteiger partial charge on any atom is 0.0449 e. The third kappa shape index (κ3) is 3.99. The highest BCUT2D eigenvalue weighted by atomic mass is 79.9. The maximum atomic E-state index is 6.29. The Labute approximate surface area is 145 Å². The van der Waals surface area contributed by atoms with Crippen molar-refractivity contribution in [2.75, 3.05) is 7.05 Å². The molecule has 5 heteroatoms. The molecule has 0 fully saturated rings. The van der Waals surface area contributed by atoms with Crippen molar-refractivity contribution < 1.29 is 0 Å². The molecule has 2 aromatic rings. The van der Waals surface area contributed by atoms with E-state index in [1.165, 1.54) is 0 Å². The average molecular weight is 438 g/mol. The summed E-state index contributed by atoms with van der Waals surface area (Å²) in [7, 11) is 1.94. The lowest BCUT2D eigenvalue weighted by molar-refractivity contribution is 0.590. The Morgan fingerprint density at radius 2 is 1.85 bits per heavy atom. The zero-order chi connectivity index (χ0) is 14.7. The van der Waals surface area contributed by atoms with Gasteiger partial charge in [0.05, 0.1) is 0 Å². The number of hydrogen-bond acceptors (Lipinski definition) is 1. The molecule has 0 bridgehead atoms. The normalized spacial score (nSPS) is 12.4. The molecule has 0 saturated carbocycles. The fraction of sp³-hybridized carbons (Fsp3) is 0.200. The van der Waals surface area contributed by atoms with Gasteiger partial charge < -0.3 is 5.32 Å². The van der Waals surface area contributed by atoms with Crippen LogP contribution in [0.2, 0.25) is 10.0 Å². The largest absolute Gasteiger partial charge is 0.313 e. The molecular formula is C15H13Br2Cl2N. The van der Waals surface area contributed by atoms with Crippen molar-refractivity contribution >= 4 is 55.1 Å². The van der Waals surface area contributed by atoms with Crippen LogP contribution in [0.3, 0.4) is 0 Å². The van der Waals surface area contributed by atoms with Crippen LogP contribution >= 0.6 is 55.1 Å². The van der Waals surface area contributed by atoms with E-state index in [1.54, 1.807) is 0 Å². The van der Waals surface area contributed by atoms with Gasteiger partial charge in [-0.15, -0.1) is 0 Å². The minimum absolute atomic E-state index is 0.167. The van der Waals surface area contributed by atoms with Crippen molar-refractivity contribution in [2.24, 2.45) is 0 Å². The molecule has 1 nitrogen and oxygen atoms in total. The number of nitrogens with one attached hydrogen (secondary N) is 1. The summed E-state index contributed by atoms with van der Waals surface area (Å²) in [4.78, 5) is 0. The first-order valence-electron chi connectivity index (χ1n) is 6.07. The molecular weight excluding hydrogens is 425 g/mol. The Morgan fingerprint density at radius 3 is 2.45 bits per heavy atom. The van der Waals surface area contributed by atoms with Crippen LogP contribution in [-0.4, -0.2) is 7.05 Å². The fourth-order valence-corrected chi connectivity index (χ4v) is 3.77. The smallest absolute Gasteiger partial charge is 0.0449 e. The molecule has 2 rings (SSSR count). The predicted molar refractivity (Wildman–Crippen MR) is 93.8 cm³/mol. The van der Waals surface area contributed by atoms with E-state index in [2.05, 4.69) is 37.2 Å². The number of benzene rings is 2. The summed E-state index contributed by atoms with van der Waals surface area (Å²) in [6.07, 6.45) is 0.808. The zero-order valence-corrected chi connectivity index (χ0v) is 15.4. The quantitative estimate of drug-likeness (QED) is 0.616. The second-order valence-corrected chi connectivity index (χ2v) is 7.06. The molecule has 20 heavy (non-hydrogen) atoms. The van der Waals surface area contributed by atoms with E-state index in [0.717, 1.165) is 36.5 Å². The van der Waals surface area contributed by atoms with Crippen LogP contribution in [0.4, 0.5) is 0 Å². The van der Waals surface area contributed by atoms with Gasteiger partial charge in [-0.2, -0.15) is 0 Å². The van der Waals surface area contributed by atoms with Gasteiger partial charge in [0.1, 0.15) is 0 Å². The monoisotopic (exact) mass is 435 g/mol. The Kier molecular flexibility index (Phi) is 5.94. The van der Waals surface area contributed by atoms with Crippen LogP contribution in [0.25, 0.3) is 0 Å². The molecule has 106 valence electrons. The van der Waals surface area contributed by atoms with Crippen LogP contribution in [0, 0.1) is 0 Å². The van der Waals surface area contributed by atoms with Gasteiger partial charge in [-0.3, -0.25) is 0 Å². The van der Waals surface area contributed by atoms with Crippen molar-refractivity contribution in [3.63, 3.8) is 0 Å². The van der Waals surface area contributed by atoms with Crippen LogP contribution in [0.5, 0.6) is 0 Å². The van der Waals surface area contributed by atoms with E-state index >= 15 is 0 Å². The minimum Gasteiger partial charge on any atom is -0.313 e. The van der Waals surface area contributed by atoms with Crippen molar-refractivity contribution in [3.8, 4) is 0 Å². The third-order valence-electron chi connectivity index (χ3n) is 3.13. The fourth-order valence-electron chi connectivity index (χ4n) is 2.06. The minimum atomic E-state index is 0.167. The predicted octanol–water partition coefficient (Wildman–Crippen LogP) is 6.02. The summed E-state index contributed by atoms with van der Waals surface area (Å²) in [6.45, 7) is 0. The van der Waals surface area contributed by atoms with Gasteiger partial charge in [0.2, 0.25) is 0 Å². The number of likely N-dealkylation sites (N-methyl/N-ethyl adjacent to an activating group) is 1. The van der Waals surface area contributed by atoms with Crippen molar-refractivity contribution in [1.29, 1.82) is 0 Å². The topological polar surface area (TPSA) is 12.0 Å². The molecule has 2 aromatic carbocycles. The molecule has 0 heterocycles. The van der Waals surface area contributed by atoms with Gasteiger partial charge >= 0.3 is 0 Å². The SMILES string of the molecule is CNC(Cc1ccc(Br)cc1Cl)c1ccc(Cl)cc1Br. The molecule has 0 aliphatic heterocycles. The first-order valence-corrected chi connectivity index (χ1v) is 8.41. The Bertz CT molecular complexity index is 617. The highest BCUT2D eigenvalue weighted by molar-refractivity contribution is 9.10. The number of halogens is 4. The molecule has 1 N–H and O–H groups in total. The van der Waals surface area contributed by atoms with E-state index in [-0.39, 0.29) is 6.04 Å². The van der Waals surface area contributed by atoms with E-state index in [9.17, 15) is 0 Å².